The lowest BCUT2D eigenvalue weighted by molar-refractivity contribution is 0.192. The van der Waals surface area contributed by atoms with Gasteiger partial charge in [0, 0.05) is 5.33 Å². The molecule has 2 aromatic rings. The summed E-state index contributed by atoms with van der Waals surface area (Å²) in [5.74, 6) is -0.452. The van der Waals surface area contributed by atoms with E-state index in [9.17, 15) is 9.18 Å². The van der Waals surface area contributed by atoms with Crippen LogP contribution in [-0.2, 0) is 5.33 Å². The first-order valence-corrected chi connectivity index (χ1v) is 5.74. The molecule has 0 bridgehead atoms. The normalized spacial score (nSPS) is 10.5. The van der Waals surface area contributed by atoms with E-state index in [0.29, 0.717) is 22.4 Å². The summed E-state index contributed by atoms with van der Waals surface area (Å²) in [5.41, 5.74) is 1.30. The van der Waals surface area contributed by atoms with E-state index < -0.39 is 11.9 Å². The summed E-state index contributed by atoms with van der Waals surface area (Å²) in [5, 5.41) is 13.1. The van der Waals surface area contributed by atoms with Gasteiger partial charge in [-0.25, -0.2) is 9.18 Å². The Morgan fingerprint density at radius 1 is 1.47 bits per heavy atom. The second-order valence-corrected chi connectivity index (χ2v) is 3.77. The predicted octanol–water partition coefficient (Wildman–Crippen LogP) is 2.51. The van der Waals surface area contributed by atoms with Crippen LogP contribution in [0.1, 0.15) is 5.69 Å². The number of aromatic nitrogens is 3. The van der Waals surface area contributed by atoms with E-state index in [-0.39, 0.29) is 0 Å². The van der Waals surface area contributed by atoms with Crippen LogP contribution in [0, 0.1) is 5.82 Å². The first-order valence-electron chi connectivity index (χ1n) is 4.62. The average Bonchev–Trinajstić information content (AvgIpc) is 2.74. The zero-order chi connectivity index (χ0) is 12.4. The van der Waals surface area contributed by atoms with E-state index in [1.807, 2.05) is 0 Å². The molecule has 17 heavy (non-hydrogen) atoms. The Bertz CT molecular complexity index is 553. The highest BCUT2D eigenvalue weighted by atomic mass is 79.9. The first kappa shape index (κ1) is 11.7. The van der Waals surface area contributed by atoms with E-state index in [4.69, 9.17) is 5.11 Å². The summed E-state index contributed by atoms with van der Waals surface area (Å²) in [7, 11) is 0. The topological polar surface area (TPSA) is 68.0 Å². The van der Waals surface area contributed by atoms with Gasteiger partial charge in [-0.2, -0.15) is 9.78 Å². The fourth-order valence-corrected chi connectivity index (χ4v) is 1.73. The number of hydrogen-bond acceptors (Lipinski definition) is 3. The average molecular weight is 300 g/mol. The van der Waals surface area contributed by atoms with E-state index in [2.05, 4.69) is 26.0 Å². The molecule has 2 heterocycles. The quantitative estimate of drug-likeness (QED) is 0.865. The van der Waals surface area contributed by atoms with Gasteiger partial charge in [0.15, 0.2) is 0 Å². The van der Waals surface area contributed by atoms with Crippen LogP contribution in [0.5, 0.6) is 0 Å². The van der Waals surface area contributed by atoms with Gasteiger partial charge < -0.3 is 5.11 Å². The molecule has 0 atom stereocenters. The Morgan fingerprint density at radius 2 is 2.24 bits per heavy atom. The van der Waals surface area contributed by atoms with Gasteiger partial charge in [0.25, 0.3) is 0 Å². The molecule has 0 spiro atoms. The Hall–Kier alpha value is -1.76. The van der Waals surface area contributed by atoms with Crippen LogP contribution >= 0.6 is 15.9 Å². The zero-order valence-corrected chi connectivity index (χ0v) is 10.1. The van der Waals surface area contributed by atoms with Crippen molar-refractivity contribution in [2.24, 2.45) is 0 Å². The molecule has 7 heteroatoms. The van der Waals surface area contributed by atoms with E-state index in [1.54, 1.807) is 6.07 Å². The number of nitrogens with zero attached hydrogens (tertiary/aromatic N) is 3. The van der Waals surface area contributed by atoms with Crippen molar-refractivity contribution < 1.29 is 14.3 Å². The van der Waals surface area contributed by atoms with Crippen molar-refractivity contribution in [3.63, 3.8) is 0 Å². The second kappa shape index (κ2) is 4.62. The Balaban J connectivity index is 2.46. The minimum atomic E-state index is -1.17. The molecule has 0 unspecified atom stereocenters. The van der Waals surface area contributed by atoms with Crippen molar-refractivity contribution in [3.8, 4) is 11.4 Å². The van der Waals surface area contributed by atoms with E-state index >= 15 is 0 Å². The number of pyridine rings is 1. The molecule has 0 fully saturated rings. The fraction of sp³-hybridized carbons (Fsp3) is 0.100. The molecule has 0 aliphatic carbocycles. The smallest absolute Gasteiger partial charge is 0.432 e. The number of halogens is 2. The summed E-state index contributed by atoms with van der Waals surface area (Å²) in [4.78, 5) is 14.7. The number of hydrogen-bond donors (Lipinski definition) is 1. The monoisotopic (exact) mass is 299 g/mol. The van der Waals surface area contributed by atoms with Gasteiger partial charge in [0.1, 0.15) is 11.5 Å². The first-order chi connectivity index (χ1) is 8.11. The van der Waals surface area contributed by atoms with Crippen molar-refractivity contribution in [1.29, 1.82) is 0 Å². The maximum Gasteiger partial charge on any atom is 0.432 e. The number of alkyl halides is 1. The van der Waals surface area contributed by atoms with Crippen molar-refractivity contribution >= 4 is 22.0 Å². The molecule has 2 rings (SSSR count). The molecular weight excluding hydrogens is 293 g/mol. The summed E-state index contributed by atoms with van der Waals surface area (Å²) >= 11 is 3.17. The van der Waals surface area contributed by atoms with E-state index in [0.717, 1.165) is 10.9 Å². The molecule has 0 saturated heterocycles. The minimum absolute atomic E-state index is 0.355. The number of carboxylic acid groups (broad SMARTS) is 1. The third-order valence-corrected chi connectivity index (χ3v) is 2.67. The largest absolute Gasteiger partial charge is 0.463 e. The summed E-state index contributed by atoms with van der Waals surface area (Å²) in [6, 6.07) is 4.28. The SMILES string of the molecule is O=C(O)n1nc(-c2ccc(F)cn2)cc1CBr. The maximum atomic E-state index is 12.7. The highest BCUT2D eigenvalue weighted by Gasteiger charge is 2.13. The molecule has 1 N–H and O–H groups in total. The highest BCUT2D eigenvalue weighted by molar-refractivity contribution is 9.08. The van der Waals surface area contributed by atoms with Gasteiger partial charge in [0.2, 0.25) is 0 Å². The van der Waals surface area contributed by atoms with Crippen LogP contribution < -0.4 is 0 Å². The van der Waals surface area contributed by atoms with Crippen LogP contribution in [0.2, 0.25) is 0 Å². The number of rotatable bonds is 2. The molecule has 0 amide bonds. The van der Waals surface area contributed by atoms with Crippen molar-refractivity contribution in [1.82, 2.24) is 14.8 Å². The highest BCUT2D eigenvalue weighted by Crippen LogP contribution is 2.18. The summed E-state index contributed by atoms with van der Waals surface area (Å²) in [6.45, 7) is 0. The zero-order valence-electron chi connectivity index (χ0n) is 8.47. The van der Waals surface area contributed by atoms with Crippen molar-refractivity contribution in [2.75, 3.05) is 0 Å². The summed E-state index contributed by atoms with van der Waals surface area (Å²) < 4.78 is 13.5. The maximum absolute atomic E-state index is 12.7. The molecule has 0 radical (unpaired) electrons. The summed E-state index contributed by atoms with van der Waals surface area (Å²) in [6.07, 6.45) is -0.115. The van der Waals surface area contributed by atoms with Crippen LogP contribution in [-0.4, -0.2) is 26.0 Å². The van der Waals surface area contributed by atoms with Gasteiger partial charge in [0.05, 0.1) is 17.6 Å². The Labute approximate surface area is 104 Å². The predicted molar refractivity (Wildman–Crippen MR) is 61.5 cm³/mol. The third kappa shape index (κ3) is 2.33. The minimum Gasteiger partial charge on any atom is -0.463 e. The van der Waals surface area contributed by atoms with Gasteiger partial charge in [-0.3, -0.25) is 4.98 Å². The lowest BCUT2D eigenvalue weighted by Gasteiger charge is -1.96. The lowest BCUT2D eigenvalue weighted by atomic mass is 10.2. The van der Waals surface area contributed by atoms with Crippen LogP contribution in [0.15, 0.2) is 24.4 Å². The van der Waals surface area contributed by atoms with Gasteiger partial charge >= 0.3 is 6.09 Å². The fourth-order valence-electron chi connectivity index (χ4n) is 1.33. The second-order valence-electron chi connectivity index (χ2n) is 3.21. The van der Waals surface area contributed by atoms with Crippen molar-refractivity contribution in [3.05, 3.63) is 35.9 Å². The Kier molecular flexibility index (Phi) is 3.19. The molecule has 88 valence electrons. The molecule has 0 aromatic carbocycles. The third-order valence-electron chi connectivity index (χ3n) is 2.09. The molecule has 0 saturated carbocycles. The lowest BCUT2D eigenvalue weighted by Crippen LogP contribution is -2.12. The van der Waals surface area contributed by atoms with Crippen LogP contribution in [0.25, 0.3) is 11.4 Å². The number of carbonyl (C=O) groups is 1. The molecular formula is C10H7BrFN3O2. The molecule has 5 nitrogen and oxygen atoms in total. The standard InChI is InChI=1S/C10H7BrFN3O2/c11-4-7-3-9(14-15(7)10(16)17)8-2-1-6(12)5-13-8/h1-3,5H,4H2,(H,16,17). The van der Waals surface area contributed by atoms with Crippen LogP contribution in [0.3, 0.4) is 0 Å². The molecule has 2 aromatic heterocycles. The van der Waals surface area contributed by atoms with Crippen LogP contribution in [0.4, 0.5) is 9.18 Å². The van der Waals surface area contributed by atoms with Crippen molar-refractivity contribution in [2.45, 2.75) is 5.33 Å². The van der Waals surface area contributed by atoms with Gasteiger partial charge in [-0.05, 0) is 18.2 Å². The molecule has 0 aliphatic heterocycles. The van der Waals surface area contributed by atoms with Gasteiger partial charge in [-0.1, -0.05) is 15.9 Å². The molecule has 0 aliphatic rings. The van der Waals surface area contributed by atoms with E-state index in [1.165, 1.54) is 12.1 Å². The Morgan fingerprint density at radius 3 is 2.71 bits per heavy atom. The van der Waals surface area contributed by atoms with Gasteiger partial charge in [-0.15, -0.1) is 0 Å².